The van der Waals surface area contributed by atoms with Gasteiger partial charge in [0.15, 0.2) is 0 Å². The van der Waals surface area contributed by atoms with Crippen LogP contribution in [0.2, 0.25) is 0 Å². The molecule has 102 valence electrons. The van der Waals surface area contributed by atoms with E-state index in [1.54, 1.807) is 12.1 Å². The number of carbonyl (C=O) groups is 1. The van der Waals surface area contributed by atoms with Crippen LogP contribution >= 0.6 is 0 Å². The third-order valence-electron chi connectivity index (χ3n) is 2.26. The summed E-state index contributed by atoms with van der Waals surface area (Å²) in [6, 6.07) is 6.11. The number of hydrogen-bond donors (Lipinski definition) is 2. The van der Waals surface area contributed by atoms with Crippen molar-refractivity contribution >= 4 is 15.9 Å². The second-order valence-corrected chi connectivity index (χ2v) is 5.81. The molecule has 7 heteroatoms. The Hall–Kier alpha value is -1.88. The lowest BCUT2D eigenvalue weighted by Crippen LogP contribution is -2.35. The normalized spacial score (nSPS) is 10.9. The average Bonchev–Trinajstić information content (AvgIpc) is 2.35. The predicted octanol–water partition coefficient (Wildman–Crippen LogP) is -0.897. The Morgan fingerprint density at radius 1 is 1.42 bits per heavy atom. The molecule has 19 heavy (non-hydrogen) atoms. The fraction of sp³-hybridized carbons (Fsp3) is 0.250. The number of amides is 1. The molecule has 0 aromatic heterocycles. The van der Waals surface area contributed by atoms with Crippen LogP contribution in [0.1, 0.15) is 5.56 Å². The van der Waals surface area contributed by atoms with Gasteiger partial charge in [-0.05, 0) is 18.2 Å². The van der Waals surface area contributed by atoms with Crippen LogP contribution in [0.15, 0.2) is 29.2 Å². The first-order chi connectivity index (χ1) is 8.87. The Bertz CT molecular complexity index is 629. The molecule has 4 N–H and O–H groups in total. The highest BCUT2D eigenvalue weighted by Crippen LogP contribution is 2.15. The number of carbonyl (C=O) groups excluding carboxylic acids is 1. The first kappa shape index (κ1) is 15.2. The van der Waals surface area contributed by atoms with Crippen molar-refractivity contribution in [3.63, 3.8) is 0 Å². The lowest BCUT2D eigenvalue weighted by atomic mass is 10.2. The number of hydrogen-bond acceptors (Lipinski definition) is 4. The van der Waals surface area contributed by atoms with Gasteiger partial charge in [-0.25, -0.2) is 8.42 Å². The van der Waals surface area contributed by atoms with Crippen LogP contribution in [0.3, 0.4) is 0 Å². The minimum atomic E-state index is -3.75. The zero-order chi connectivity index (χ0) is 14.5. The molecule has 1 aromatic rings. The Balaban J connectivity index is 3.11. The molecule has 1 aromatic carbocycles. The van der Waals surface area contributed by atoms with Gasteiger partial charge in [0, 0.05) is 12.6 Å². The van der Waals surface area contributed by atoms with Crippen LogP contribution in [-0.2, 0) is 14.8 Å². The summed E-state index contributed by atoms with van der Waals surface area (Å²) in [5, 5.41) is 0. The number of rotatable bonds is 4. The number of primary amides is 1. The Morgan fingerprint density at radius 2 is 2.11 bits per heavy atom. The minimum absolute atomic E-state index is 0.0556. The molecule has 0 atom stereocenters. The summed E-state index contributed by atoms with van der Waals surface area (Å²) in [5.74, 6) is 4.67. The summed E-state index contributed by atoms with van der Waals surface area (Å²) >= 11 is 0. The molecule has 1 amide bonds. The summed E-state index contributed by atoms with van der Waals surface area (Å²) in [6.07, 6.45) is 0. The van der Waals surface area contributed by atoms with Crippen LogP contribution in [0.5, 0.6) is 0 Å². The van der Waals surface area contributed by atoms with E-state index < -0.39 is 15.9 Å². The molecule has 1 rings (SSSR count). The quantitative estimate of drug-likeness (QED) is 0.698. The molecule has 6 nitrogen and oxygen atoms in total. The van der Waals surface area contributed by atoms with Crippen molar-refractivity contribution in [2.75, 3.05) is 20.1 Å². The van der Waals surface area contributed by atoms with E-state index in [1.807, 2.05) is 0 Å². The van der Waals surface area contributed by atoms with Gasteiger partial charge in [-0.3, -0.25) is 4.79 Å². The van der Waals surface area contributed by atoms with E-state index in [0.29, 0.717) is 5.56 Å². The van der Waals surface area contributed by atoms with Crippen molar-refractivity contribution in [2.24, 2.45) is 11.5 Å². The number of sulfonamides is 1. The predicted molar refractivity (Wildman–Crippen MR) is 71.4 cm³/mol. The molecule has 0 saturated carbocycles. The molecule has 0 spiro atoms. The average molecular weight is 281 g/mol. The van der Waals surface area contributed by atoms with E-state index in [0.717, 1.165) is 4.31 Å². The van der Waals surface area contributed by atoms with Gasteiger partial charge in [0.05, 0.1) is 18.0 Å². The van der Waals surface area contributed by atoms with Crippen LogP contribution in [0, 0.1) is 11.8 Å². The number of nitrogens with zero attached hydrogens (tertiary/aromatic N) is 1. The zero-order valence-electron chi connectivity index (χ0n) is 10.5. The molecular formula is C12H15N3O3S. The summed E-state index contributed by atoms with van der Waals surface area (Å²) in [5.41, 5.74) is 10.8. The molecule has 0 fully saturated rings. The van der Waals surface area contributed by atoms with Gasteiger partial charge in [0.1, 0.15) is 0 Å². The van der Waals surface area contributed by atoms with Crippen molar-refractivity contribution in [3.05, 3.63) is 29.8 Å². The van der Waals surface area contributed by atoms with E-state index in [2.05, 4.69) is 11.8 Å². The summed E-state index contributed by atoms with van der Waals surface area (Å²) in [6.45, 7) is -0.181. The van der Waals surface area contributed by atoms with Crippen molar-refractivity contribution in [3.8, 4) is 11.8 Å². The van der Waals surface area contributed by atoms with E-state index in [9.17, 15) is 13.2 Å². The Kier molecular flexibility index (Phi) is 5.06. The van der Waals surface area contributed by atoms with Gasteiger partial charge in [0.25, 0.3) is 0 Å². The molecule has 0 radical (unpaired) electrons. The van der Waals surface area contributed by atoms with Crippen LogP contribution in [0.4, 0.5) is 0 Å². The monoisotopic (exact) mass is 281 g/mol. The zero-order valence-corrected chi connectivity index (χ0v) is 11.3. The van der Waals surface area contributed by atoms with E-state index in [-0.39, 0.29) is 18.0 Å². The molecular weight excluding hydrogens is 266 g/mol. The maximum atomic E-state index is 12.1. The summed E-state index contributed by atoms with van der Waals surface area (Å²) in [4.78, 5) is 10.8. The fourth-order valence-electron chi connectivity index (χ4n) is 1.37. The van der Waals surface area contributed by atoms with Crippen LogP contribution in [-0.4, -0.2) is 38.8 Å². The van der Waals surface area contributed by atoms with E-state index in [1.165, 1.54) is 19.2 Å². The Labute approximate surface area is 112 Å². The Morgan fingerprint density at radius 3 is 2.68 bits per heavy atom. The molecule has 0 aliphatic heterocycles. The standard InChI is InChI=1S/C12H15N3O3S/c1-15(9-12(14)16)19(17,18)11-6-2-4-10(8-11)5-3-7-13/h2,4,6,8H,7,9,13H2,1H3,(H2,14,16). The lowest BCUT2D eigenvalue weighted by molar-refractivity contribution is -0.118. The largest absolute Gasteiger partial charge is 0.369 e. The number of nitrogens with two attached hydrogens (primary N) is 2. The third-order valence-corrected chi connectivity index (χ3v) is 4.05. The fourth-order valence-corrected chi connectivity index (χ4v) is 2.56. The molecule has 0 heterocycles. The molecule has 0 saturated heterocycles. The SMILES string of the molecule is CN(CC(N)=O)S(=O)(=O)c1cccc(C#CCN)c1. The van der Waals surface area contributed by atoms with Gasteiger partial charge in [-0.1, -0.05) is 17.9 Å². The van der Waals surface area contributed by atoms with Gasteiger partial charge in [-0.2, -0.15) is 4.31 Å². The van der Waals surface area contributed by atoms with Crippen molar-refractivity contribution in [1.29, 1.82) is 0 Å². The highest BCUT2D eigenvalue weighted by molar-refractivity contribution is 7.89. The van der Waals surface area contributed by atoms with E-state index >= 15 is 0 Å². The molecule has 0 unspecified atom stereocenters. The topological polar surface area (TPSA) is 106 Å². The molecule has 0 bridgehead atoms. The van der Waals surface area contributed by atoms with Crippen molar-refractivity contribution in [2.45, 2.75) is 4.90 Å². The maximum Gasteiger partial charge on any atom is 0.243 e. The van der Waals surface area contributed by atoms with Crippen molar-refractivity contribution < 1.29 is 13.2 Å². The second-order valence-electron chi connectivity index (χ2n) is 3.76. The molecule has 0 aliphatic carbocycles. The van der Waals surface area contributed by atoms with Crippen LogP contribution < -0.4 is 11.5 Å². The van der Waals surface area contributed by atoms with Gasteiger partial charge in [0.2, 0.25) is 15.9 Å². The highest BCUT2D eigenvalue weighted by atomic mass is 32.2. The van der Waals surface area contributed by atoms with Gasteiger partial charge >= 0.3 is 0 Å². The summed E-state index contributed by atoms with van der Waals surface area (Å²) in [7, 11) is -2.46. The number of likely N-dealkylation sites (N-methyl/N-ethyl adjacent to an activating group) is 1. The van der Waals surface area contributed by atoms with Gasteiger partial charge in [-0.15, -0.1) is 0 Å². The molecule has 0 aliphatic rings. The summed E-state index contributed by atoms with van der Waals surface area (Å²) < 4.78 is 25.2. The highest BCUT2D eigenvalue weighted by Gasteiger charge is 2.22. The third kappa shape index (κ3) is 4.06. The second kappa shape index (κ2) is 6.33. The maximum absolute atomic E-state index is 12.1. The van der Waals surface area contributed by atoms with E-state index in [4.69, 9.17) is 11.5 Å². The first-order valence-corrected chi connectivity index (χ1v) is 6.85. The van der Waals surface area contributed by atoms with Crippen molar-refractivity contribution in [1.82, 2.24) is 4.31 Å². The van der Waals surface area contributed by atoms with Gasteiger partial charge < -0.3 is 11.5 Å². The minimum Gasteiger partial charge on any atom is -0.369 e. The smallest absolute Gasteiger partial charge is 0.243 e. The first-order valence-electron chi connectivity index (χ1n) is 5.41. The van der Waals surface area contributed by atoms with Crippen LogP contribution in [0.25, 0.3) is 0 Å². The lowest BCUT2D eigenvalue weighted by Gasteiger charge is -2.15. The number of benzene rings is 1.